The van der Waals surface area contributed by atoms with Crippen molar-refractivity contribution in [3.8, 4) is 0 Å². The second-order valence-corrected chi connectivity index (χ2v) is 7.05. The summed E-state index contributed by atoms with van der Waals surface area (Å²) < 4.78 is 1.68. The van der Waals surface area contributed by atoms with Crippen molar-refractivity contribution in [2.45, 2.75) is 0 Å². The first-order chi connectivity index (χ1) is 7.40. The molecule has 0 spiro atoms. The molecule has 0 unspecified atom stereocenters. The third-order valence-corrected chi connectivity index (χ3v) is 4.14. The van der Waals surface area contributed by atoms with Crippen LogP contribution in [-0.2, 0) is 4.79 Å². The van der Waals surface area contributed by atoms with Crippen LogP contribution in [0.15, 0.2) is 13.6 Å². The summed E-state index contributed by atoms with van der Waals surface area (Å²) in [4.78, 5) is 24.1. The summed E-state index contributed by atoms with van der Waals surface area (Å²) in [6.45, 7) is 0.249. The highest BCUT2D eigenvalue weighted by Gasteiger charge is 2.16. The van der Waals surface area contributed by atoms with Crippen LogP contribution in [0.3, 0.4) is 0 Å². The number of primary amides is 1. The Hall–Kier alpha value is -0.240. The molecule has 7 heteroatoms. The van der Waals surface area contributed by atoms with Gasteiger partial charge in [0.2, 0.25) is 5.91 Å². The molecule has 1 heterocycles. The second kappa shape index (κ2) is 5.90. The molecule has 4 nitrogen and oxygen atoms in total. The first-order valence-corrected chi connectivity index (χ1v) is 6.75. The van der Waals surface area contributed by atoms with Gasteiger partial charge in [0.05, 0.1) is 20.7 Å². The summed E-state index contributed by atoms with van der Waals surface area (Å²) in [6, 6.07) is 1.76. The maximum Gasteiger partial charge on any atom is 0.231 e. The first-order valence-electron chi connectivity index (χ1n) is 4.35. The lowest BCUT2D eigenvalue weighted by atomic mass is 10.2. The van der Waals surface area contributed by atoms with Gasteiger partial charge in [-0.05, 0) is 45.0 Å². The van der Waals surface area contributed by atoms with Crippen molar-refractivity contribution in [1.82, 2.24) is 4.90 Å². The van der Waals surface area contributed by atoms with Crippen LogP contribution in [0.1, 0.15) is 10.4 Å². The molecule has 0 radical (unpaired) electrons. The van der Waals surface area contributed by atoms with E-state index in [1.165, 1.54) is 11.3 Å². The fourth-order valence-electron chi connectivity index (χ4n) is 1.18. The zero-order valence-corrected chi connectivity index (χ0v) is 12.5. The van der Waals surface area contributed by atoms with Gasteiger partial charge in [-0.2, -0.15) is 0 Å². The zero-order chi connectivity index (χ0) is 12.3. The Morgan fingerprint density at radius 2 is 2.06 bits per heavy atom. The van der Waals surface area contributed by atoms with Gasteiger partial charge in [-0.15, -0.1) is 11.3 Å². The SMILES string of the molecule is CN(CC(N)=O)CC(=O)c1cc(Br)sc1Br. The number of nitrogens with zero attached hydrogens (tertiary/aromatic N) is 1. The number of amides is 1. The van der Waals surface area contributed by atoms with Gasteiger partial charge in [-0.25, -0.2) is 0 Å². The van der Waals surface area contributed by atoms with E-state index in [0.29, 0.717) is 5.56 Å². The van der Waals surface area contributed by atoms with Crippen LogP contribution in [0.5, 0.6) is 0 Å². The molecule has 0 atom stereocenters. The highest BCUT2D eigenvalue weighted by Crippen LogP contribution is 2.32. The van der Waals surface area contributed by atoms with Crippen LogP contribution in [0.2, 0.25) is 0 Å². The summed E-state index contributed by atoms with van der Waals surface area (Å²) in [5.74, 6) is -0.488. The van der Waals surface area contributed by atoms with Gasteiger partial charge in [0.25, 0.3) is 0 Å². The van der Waals surface area contributed by atoms with Crippen LogP contribution in [0, 0.1) is 0 Å². The number of rotatable bonds is 5. The van der Waals surface area contributed by atoms with Gasteiger partial charge in [-0.1, -0.05) is 0 Å². The number of Topliss-reactive ketones (excluding diaryl/α,β-unsaturated/α-hetero) is 1. The standard InChI is InChI=1S/C9H10Br2N2O2S/c1-13(4-8(12)15)3-6(14)5-2-7(10)16-9(5)11/h2H,3-4H2,1H3,(H2,12,15). The first kappa shape index (κ1) is 13.8. The van der Waals surface area contributed by atoms with Crippen molar-refractivity contribution >= 4 is 54.9 Å². The molecule has 1 rings (SSSR count). The predicted molar refractivity (Wildman–Crippen MR) is 70.7 cm³/mol. The summed E-state index contributed by atoms with van der Waals surface area (Å²) in [5, 5.41) is 0. The zero-order valence-electron chi connectivity index (χ0n) is 8.50. The quantitative estimate of drug-likeness (QED) is 0.806. The molecule has 0 fully saturated rings. The number of halogens is 2. The van der Waals surface area contributed by atoms with E-state index in [4.69, 9.17) is 5.73 Å². The van der Waals surface area contributed by atoms with Gasteiger partial charge in [-0.3, -0.25) is 14.5 Å². The number of hydrogen-bond donors (Lipinski definition) is 1. The Morgan fingerprint density at radius 1 is 1.44 bits per heavy atom. The summed E-state index contributed by atoms with van der Waals surface area (Å²) in [6.07, 6.45) is 0. The van der Waals surface area contributed by atoms with Crippen LogP contribution in [0.4, 0.5) is 0 Å². The Balaban J connectivity index is 2.65. The number of likely N-dealkylation sites (N-methyl/N-ethyl adjacent to an activating group) is 1. The molecule has 2 N–H and O–H groups in total. The van der Waals surface area contributed by atoms with E-state index in [2.05, 4.69) is 31.9 Å². The van der Waals surface area contributed by atoms with Crippen LogP contribution in [0.25, 0.3) is 0 Å². The predicted octanol–water partition coefficient (Wildman–Crippen LogP) is 1.87. The van der Waals surface area contributed by atoms with Crippen molar-refractivity contribution in [1.29, 1.82) is 0 Å². The summed E-state index contributed by atoms with van der Waals surface area (Å²) in [5.41, 5.74) is 5.65. The van der Waals surface area contributed by atoms with E-state index in [0.717, 1.165) is 7.57 Å². The van der Waals surface area contributed by atoms with Gasteiger partial charge >= 0.3 is 0 Å². The number of carbonyl (C=O) groups is 2. The maximum absolute atomic E-state index is 11.8. The van der Waals surface area contributed by atoms with E-state index in [1.807, 2.05) is 0 Å². The van der Waals surface area contributed by atoms with Crippen molar-refractivity contribution in [3.05, 3.63) is 19.2 Å². The minimum atomic E-state index is -0.444. The summed E-state index contributed by atoms with van der Waals surface area (Å²) in [7, 11) is 1.68. The van der Waals surface area contributed by atoms with E-state index >= 15 is 0 Å². The highest BCUT2D eigenvalue weighted by atomic mass is 79.9. The lowest BCUT2D eigenvalue weighted by molar-refractivity contribution is -0.118. The van der Waals surface area contributed by atoms with Crippen LogP contribution in [-0.4, -0.2) is 36.7 Å². The Kier molecular flexibility index (Phi) is 5.10. The van der Waals surface area contributed by atoms with Gasteiger partial charge in [0.15, 0.2) is 5.78 Å². The fourth-order valence-corrected chi connectivity index (χ4v) is 4.04. The molecule has 1 amide bonds. The molecule has 1 aromatic heterocycles. The van der Waals surface area contributed by atoms with Crippen molar-refractivity contribution < 1.29 is 9.59 Å². The third-order valence-electron chi connectivity index (χ3n) is 1.80. The van der Waals surface area contributed by atoms with Gasteiger partial charge in [0, 0.05) is 5.56 Å². The smallest absolute Gasteiger partial charge is 0.231 e. The minimum Gasteiger partial charge on any atom is -0.369 e. The average Bonchev–Trinajstić information content (AvgIpc) is 2.43. The fraction of sp³-hybridized carbons (Fsp3) is 0.333. The molecule has 16 heavy (non-hydrogen) atoms. The molecule has 0 saturated heterocycles. The highest BCUT2D eigenvalue weighted by molar-refractivity contribution is 9.12. The Bertz CT molecular complexity index is 420. The van der Waals surface area contributed by atoms with E-state index in [1.54, 1.807) is 18.0 Å². The molecule has 0 aromatic carbocycles. The molecule has 1 aromatic rings. The van der Waals surface area contributed by atoms with E-state index in [9.17, 15) is 9.59 Å². The van der Waals surface area contributed by atoms with Crippen LogP contribution >= 0.6 is 43.2 Å². The molecular formula is C9H10Br2N2O2S. The monoisotopic (exact) mass is 368 g/mol. The Labute approximate surface area is 114 Å². The molecule has 0 bridgehead atoms. The average molecular weight is 370 g/mol. The third kappa shape index (κ3) is 3.97. The largest absolute Gasteiger partial charge is 0.369 e. The van der Waals surface area contributed by atoms with Crippen molar-refractivity contribution in [3.63, 3.8) is 0 Å². The molecular weight excluding hydrogens is 360 g/mol. The number of carbonyl (C=O) groups excluding carboxylic acids is 2. The van der Waals surface area contributed by atoms with Crippen molar-refractivity contribution in [2.24, 2.45) is 5.73 Å². The van der Waals surface area contributed by atoms with Gasteiger partial charge in [0.1, 0.15) is 0 Å². The Morgan fingerprint density at radius 3 is 2.50 bits per heavy atom. The topological polar surface area (TPSA) is 63.4 Å². The second-order valence-electron chi connectivity index (χ2n) is 3.30. The van der Waals surface area contributed by atoms with Gasteiger partial charge < -0.3 is 5.73 Å². The number of ketones is 1. The molecule has 0 saturated carbocycles. The number of nitrogens with two attached hydrogens (primary N) is 1. The summed E-state index contributed by atoms with van der Waals surface area (Å²) >= 11 is 8.06. The molecule has 88 valence electrons. The molecule has 0 aliphatic carbocycles. The minimum absolute atomic E-state index is 0.0439. The lowest BCUT2D eigenvalue weighted by Gasteiger charge is -2.12. The molecule has 0 aliphatic rings. The number of hydrogen-bond acceptors (Lipinski definition) is 4. The van der Waals surface area contributed by atoms with E-state index in [-0.39, 0.29) is 18.9 Å². The van der Waals surface area contributed by atoms with Crippen molar-refractivity contribution in [2.75, 3.05) is 20.1 Å². The van der Waals surface area contributed by atoms with E-state index < -0.39 is 5.91 Å². The lowest BCUT2D eigenvalue weighted by Crippen LogP contribution is -2.34. The number of thiophene rings is 1. The van der Waals surface area contributed by atoms with Crippen LogP contribution < -0.4 is 5.73 Å². The normalized spacial score (nSPS) is 10.8. The molecule has 0 aliphatic heterocycles. The maximum atomic E-state index is 11.8.